The van der Waals surface area contributed by atoms with Crippen LogP contribution in [0.1, 0.15) is 56.1 Å². The molecule has 0 radical (unpaired) electrons. The van der Waals surface area contributed by atoms with E-state index in [2.05, 4.69) is 20.3 Å². The number of sulfonamides is 1. The van der Waals surface area contributed by atoms with Gasteiger partial charge in [-0.2, -0.15) is 4.31 Å². The Kier molecular flexibility index (Phi) is 6.73. The zero-order valence-electron chi connectivity index (χ0n) is 19.5. The number of piperidine rings is 1. The maximum Gasteiger partial charge on any atom is 0.266 e. The lowest BCUT2D eigenvalue weighted by Crippen LogP contribution is -2.45. The van der Waals surface area contributed by atoms with E-state index >= 15 is 0 Å². The van der Waals surface area contributed by atoms with Crippen molar-refractivity contribution in [2.45, 2.75) is 56.7 Å². The minimum atomic E-state index is -3.95. The van der Waals surface area contributed by atoms with Crippen LogP contribution in [0.15, 0.2) is 35.5 Å². The summed E-state index contributed by atoms with van der Waals surface area (Å²) in [6.07, 6.45) is -1.03. The molecule has 3 aromatic rings. The monoisotopic (exact) mass is 509 g/mol. The molecule has 1 saturated heterocycles. The number of benzene rings is 1. The molecule has 4 rings (SSSR count). The molecule has 0 unspecified atom stereocenters. The topological polar surface area (TPSA) is 108 Å². The van der Waals surface area contributed by atoms with Crippen LogP contribution in [0, 0.1) is 12.7 Å². The lowest BCUT2D eigenvalue weighted by atomic mass is 9.95. The second-order valence-corrected chi connectivity index (χ2v) is 10.9. The Morgan fingerprint density at radius 3 is 2.49 bits per heavy atom. The second kappa shape index (κ2) is 9.32. The first-order valence-corrected chi connectivity index (χ1v) is 12.5. The fourth-order valence-electron chi connectivity index (χ4n) is 4.07. The number of nitrogens with zero attached hydrogens (tertiary/aromatic N) is 4. The van der Waals surface area contributed by atoms with Crippen LogP contribution >= 0.6 is 0 Å². The summed E-state index contributed by atoms with van der Waals surface area (Å²) in [5.74, 6) is -0.421. The molecule has 12 heteroatoms. The van der Waals surface area contributed by atoms with Gasteiger partial charge in [0.25, 0.3) is 16.4 Å². The third kappa shape index (κ3) is 5.09. The molecule has 1 aliphatic heterocycles. The maximum absolute atomic E-state index is 14.7. The normalized spacial score (nSPS) is 17.6. The van der Waals surface area contributed by atoms with E-state index in [1.165, 1.54) is 28.7 Å². The van der Waals surface area contributed by atoms with Crippen molar-refractivity contribution < 1.29 is 26.7 Å². The Morgan fingerprint density at radius 2 is 1.83 bits per heavy atom. The molecule has 0 amide bonds. The van der Waals surface area contributed by atoms with Crippen molar-refractivity contribution in [1.29, 1.82) is 0 Å². The number of hydrogen-bond donors (Lipinski definition) is 2. The molecule has 0 bridgehead atoms. The van der Waals surface area contributed by atoms with E-state index in [4.69, 9.17) is 0 Å². The fourth-order valence-corrected chi connectivity index (χ4v) is 5.46. The summed E-state index contributed by atoms with van der Waals surface area (Å²) < 4.78 is 68.7. The molecule has 0 spiro atoms. The molecule has 188 valence electrons. The number of alkyl halides is 2. The number of halogens is 3. The van der Waals surface area contributed by atoms with Crippen molar-refractivity contribution in [3.05, 3.63) is 53.2 Å². The third-order valence-electron chi connectivity index (χ3n) is 6.19. The molecule has 2 aromatic heterocycles. The smallest absolute Gasteiger partial charge is 0.266 e. The molecule has 1 aliphatic rings. The number of fused-ring (bicyclic) bond motifs is 1. The largest absolute Gasteiger partial charge is 0.390 e. The highest BCUT2D eigenvalue weighted by atomic mass is 32.2. The molecule has 3 heterocycles. The molecular weight excluding hydrogens is 483 g/mol. The van der Waals surface area contributed by atoms with Crippen molar-refractivity contribution in [2.75, 3.05) is 18.4 Å². The van der Waals surface area contributed by atoms with Gasteiger partial charge in [-0.15, -0.1) is 0 Å². The summed E-state index contributed by atoms with van der Waals surface area (Å²) in [7, 11) is -3.95. The Balaban J connectivity index is 1.70. The van der Waals surface area contributed by atoms with E-state index < -0.39 is 39.5 Å². The van der Waals surface area contributed by atoms with E-state index in [0.717, 1.165) is 6.07 Å². The number of aryl methyl sites for hydroxylation is 1. The van der Waals surface area contributed by atoms with Gasteiger partial charge >= 0.3 is 0 Å². The van der Waals surface area contributed by atoms with Gasteiger partial charge in [-0.3, -0.25) is 0 Å². The van der Waals surface area contributed by atoms with E-state index in [-0.39, 0.29) is 29.5 Å². The summed E-state index contributed by atoms with van der Waals surface area (Å²) in [5, 5.41) is 13.3. The molecule has 1 aromatic carbocycles. The highest BCUT2D eigenvalue weighted by molar-refractivity contribution is 7.89. The van der Waals surface area contributed by atoms with Gasteiger partial charge < -0.3 is 10.4 Å². The van der Waals surface area contributed by atoms with Gasteiger partial charge in [-0.25, -0.2) is 36.5 Å². The van der Waals surface area contributed by atoms with Gasteiger partial charge in [-0.1, -0.05) is 18.2 Å². The van der Waals surface area contributed by atoms with Crippen LogP contribution in [-0.4, -0.2) is 51.5 Å². The van der Waals surface area contributed by atoms with Crippen LogP contribution < -0.4 is 5.32 Å². The molecule has 0 aliphatic carbocycles. The molecule has 1 atom stereocenters. The van der Waals surface area contributed by atoms with E-state index in [0.29, 0.717) is 29.6 Å². The van der Waals surface area contributed by atoms with Crippen molar-refractivity contribution in [2.24, 2.45) is 0 Å². The summed E-state index contributed by atoms with van der Waals surface area (Å²) in [5.41, 5.74) is -1.22. The first-order chi connectivity index (χ1) is 16.4. The van der Waals surface area contributed by atoms with Crippen LogP contribution in [0.25, 0.3) is 10.9 Å². The lowest BCUT2D eigenvalue weighted by molar-refractivity contribution is 0.0125. The average Bonchev–Trinajstić information content (AvgIpc) is 2.78. The number of anilines is 1. The molecule has 2 N–H and O–H groups in total. The van der Waals surface area contributed by atoms with E-state index in [1.807, 2.05) is 0 Å². The zero-order valence-corrected chi connectivity index (χ0v) is 20.3. The van der Waals surface area contributed by atoms with Crippen molar-refractivity contribution in [3.63, 3.8) is 0 Å². The maximum atomic E-state index is 14.7. The summed E-state index contributed by atoms with van der Waals surface area (Å²) in [4.78, 5) is 12.7. The lowest BCUT2D eigenvalue weighted by Gasteiger charge is -2.34. The molecule has 1 fully saturated rings. The van der Waals surface area contributed by atoms with Gasteiger partial charge in [0.2, 0.25) is 0 Å². The SMILES string of the molecule is Cc1nc(N[C@H](C)c2cccc(C(F)F)c2F)c2cc(S(=O)(=O)N3CCC(C)(O)CC3)ncc2n1. The highest BCUT2D eigenvalue weighted by Gasteiger charge is 2.35. The first-order valence-electron chi connectivity index (χ1n) is 11.1. The predicted molar refractivity (Wildman–Crippen MR) is 124 cm³/mol. The first kappa shape index (κ1) is 25.3. The number of aromatic nitrogens is 3. The predicted octanol–water partition coefficient (Wildman–Crippen LogP) is 4.12. The minimum Gasteiger partial charge on any atom is -0.390 e. The summed E-state index contributed by atoms with van der Waals surface area (Å²) in [6, 6.07) is 4.37. The van der Waals surface area contributed by atoms with Crippen LogP contribution in [0.5, 0.6) is 0 Å². The van der Waals surface area contributed by atoms with Crippen molar-refractivity contribution >= 4 is 26.7 Å². The van der Waals surface area contributed by atoms with Gasteiger partial charge in [0.15, 0.2) is 5.03 Å². The summed E-state index contributed by atoms with van der Waals surface area (Å²) >= 11 is 0. The Hall–Kier alpha value is -2.83. The quantitative estimate of drug-likeness (QED) is 0.515. The van der Waals surface area contributed by atoms with E-state index in [1.54, 1.807) is 20.8 Å². The van der Waals surface area contributed by atoms with Gasteiger partial charge in [0, 0.05) is 24.0 Å². The number of rotatable bonds is 6. The van der Waals surface area contributed by atoms with Crippen LogP contribution in [0.4, 0.5) is 19.0 Å². The van der Waals surface area contributed by atoms with Gasteiger partial charge in [0.1, 0.15) is 17.5 Å². The third-order valence-corrected chi connectivity index (χ3v) is 7.98. The Morgan fingerprint density at radius 1 is 1.17 bits per heavy atom. The number of pyridine rings is 1. The van der Waals surface area contributed by atoms with Crippen LogP contribution in [-0.2, 0) is 10.0 Å². The van der Waals surface area contributed by atoms with Crippen LogP contribution in [0.3, 0.4) is 0 Å². The van der Waals surface area contributed by atoms with E-state index in [9.17, 15) is 26.7 Å². The average molecular weight is 510 g/mol. The standard InChI is InChI=1S/C23H26F3N5O3S/c1-13(15-5-4-6-16(20(15)24)21(25)26)28-22-17-11-19(27-12-18(17)29-14(2)30-22)35(33,34)31-9-7-23(3,32)8-10-31/h4-6,11-13,21,32H,7-10H2,1-3H3,(H,28,29,30)/t13-/m1/s1. The Bertz CT molecular complexity index is 1360. The molecule has 8 nitrogen and oxygen atoms in total. The number of nitrogens with one attached hydrogen (secondary N) is 1. The van der Waals surface area contributed by atoms with Crippen molar-refractivity contribution in [3.8, 4) is 0 Å². The molecule has 0 saturated carbocycles. The molecule has 35 heavy (non-hydrogen) atoms. The van der Waals surface area contributed by atoms with Gasteiger partial charge in [-0.05, 0) is 39.7 Å². The number of hydrogen-bond acceptors (Lipinski definition) is 7. The second-order valence-electron chi connectivity index (χ2n) is 8.98. The van der Waals surface area contributed by atoms with Crippen LogP contribution in [0.2, 0.25) is 0 Å². The Labute approximate surface area is 201 Å². The molecular formula is C23H26F3N5O3S. The summed E-state index contributed by atoms with van der Waals surface area (Å²) in [6.45, 7) is 5.21. The number of aliphatic hydroxyl groups is 1. The fraction of sp³-hybridized carbons (Fsp3) is 0.435. The minimum absolute atomic E-state index is 0.0227. The van der Waals surface area contributed by atoms with Crippen molar-refractivity contribution in [1.82, 2.24) is 19.3 Å². The zero-order chi connectivity index (χ0) is 25.5. The van der Waals surface area contributed by atoms with Gasteiger partial charge in [0.05, 0.1) is 28.9 Å². The highest BCUT2D eigenvalue weighted by Crippen LogP contribution is 2.32.